The summed E-state index contributed by atoms with van der Waals surface area (Å²) in [6.45, 7) is 7.28. The molecule has 0 aromatic heterocycles. The number of piperidine rings is 1. The Kier molecular flexibility index (Phi) is 6.42. The van der Waals surface area contributed by atoms with Gasteiger partial charge in [-0.1, -0.05) is 31.2 Å². The van der Waals surface area contributed by atoms with E-state index in [1.165, 1.54) is 30.4 Å². The molecule has 1 saturated heterocycles. The van der Waals surface area contributed by atoms with Crippen LogP contribution >= 0.6 is 0 Å². The van der Waals surface area contributed by atoms with Gasteiger partial charge in [0.15, 0.2) is 11.5 Å². The van der Waals surface area contributed by atoms with Crippen LogP contribution in [-0.2, 0) is 16.6 Å². The number of hydrogen-bond acceptors (Lipinski definition) is 6. The first-order chi connectivity index (χ1) is 19.4. The number of halogens is 3. The summed E-state index contributed by atoms with van der Waals surface area (Å²) in [5.74, 6) is -0.530. The van der Waals surface area contributed by atoms with Crippen LogP contribution in [0.1, 0.15) is 36.5 Å². The molecule has 4 aliphatic rings. The summed E-state index contributed by atoms with van der Waals surface area (Å²) in [5.41, 5.74) is 0.295. The number of likely N-dealkylation sites (N-methyl/N-ethyl adjacent to an activating group) is 1. The first-order valence-electron chi connectivity index (χ1n) is 13.8. The minimum atomic E-state index is -4.81. The maximum absolute atomic E-state index is 13.5. The minimum Gasteiger partial charge on any atom is -0.504 e. The number of phenols is 1. The lowest BCUT2D eigenvalue weighted by Crippen LogP contribution is -2.80. The van der Waals surface area contributed by atoms with Crippen LogP contribution in [0.25, 0.3) is 6.08 Å². The van der Waals surface area contributed by atoms with Crippen molar-refractivity contribution >= 4 is 12.0 Å². The monoisotopic (exact) mass is 570 g/mol. The van der Waals surface area contributed by atoms with Crippen molar-refractivity contribution in [3.05, 3.63) is 71.8 Å². The van der Waals surface area contributed by atoms with Crippen LogP contribution in [0.3, 0.4) is 0 Å². The van der Waals surface area contributed by atoms with Crippen molar-refractivity contribution in [2.75, 3.05) is 20.1 Å². The van der Waals surface area contributed by atoms with Gasteiger partial charge >= 0.3 is 6.36 Å². The van der Waals surface area contributed by atoms with E-state index < -0.39 is 29.5 Å². The molecule has 0 unspecified atom stereocenters. The molecule has 218 valence electrons. The fraction of sp³-hybridized carbons (Fsp3) is 0.452. The van der Waals surface area contributed by atoms with E-state index in [0.29, 0.717) is 43.7 Å². The van der Waals surface area contributed by atoms with Crippen molar-refractivity contribution in [3.63, 3.8) is 0 Å². The third kappa shape index (κ3) is 4.06. The molecular formula is C31H33F3N2O5. The Morgan fingerprint density at radius 2 is 2.10 bits per heavy atom. The summed E-state index contributed by atoms with van der Waals surface area (Å²) in [6.07, 6.45) is 0.882. The summed E-state index contributed by atoms with van der Waals surface area (Å²) < 4.78 is 48.4. The fourth-order valence-corrected chi connectivity index (χ4v) is 8.05. The van der Waals surface area contributed by atoms with Crippen LogP contribution in [0.2, 0.25) is 0 Å². The van der Waals surface area contributed by atoms with E-state index >= 15 is 0 Å². The number of benzene rings is 2. The number of alkyl halides is 3. The smallest absolute Gasteiger partial charge is 0.504 e. The lowest BCUT2D eigenvalue weighted by Gasteiger charge is -2.66. The number of aromatic hydroxyl groups is 1. The fourth-order valence-electron chi connectivity index (χ4n) is 8.05. The molecule has 2 fully saturated rings. The predicted molar refractivity (Wildman–Crippen MR) is 146 cm³/mol. The van der Waals surface area contributed by atoms with Crippen LogP contribution in [-0.4, -0.2) is 76.2 Å². The Hall–Kier alpha value is -3.50. The van der Waals surface area contributed by atoms with Gasteiger partial charge in [0.25, 0.3) is 0 Å². The second kappa shape index (κ2) is 9.52. The molecule has 2 N–H and O–H groups in total. The molecular weight excluding hydrogens is 537 g/mol. The lowest BCUT2D eigenvalue weighted by molar-refractivity contribution is -0.274. The number of amides is 1. The topological polar surface area (TPSA) is 82.5 Å². The van der Waals surface area contributed by atoms with E-state index in [2.05, 4.69) is 16.2 Å². The number of phenolic OH excluding ortho intramolecular Hbond substituents is 1. The van der Waals surface area contributed by atoms with E-state index in [1.54, 1.807) is 24.1 Å². The zero-order valence-electron chi connectivity index (χ0n) is 22.9. The largest absolute Gasteiger partial charge is 0.573 e. The highest BCUT2D eigenvalue weighted by atomic mass is 19.4. The average Bonchev–Trinajstić information content (AvgIpc) is 3.26. The van der Waals surface area contributed by atoms with Crippen molar-refractivity contribution in [1.29, 1.82) is 0 Å². The van der Waals surface area contributed by atoms with Crippen LogP contribution in [0.5, 0.6) is 17.2 Å². The minimum absolute atomic E-state index is 0.0167. The molecule has 6 rings (SSSR count). The summed E-state index contributed by atoms with van der Waals surface area (Å²) in [4.78, 5) is 17.3. The van der Waals surface area contributed by atoms with E-state index in [-0.39, 0.29) is 29.4 Å². The molecule has 6 atom stereocenters. The van der Waals surface area contributed by atoms with Crippen LogP contribution < -0.4 is 9.47 Å². The van der Waals surface area contributed by atoms with Crippen molar-refractivity contribution in [1.82, 2.24) is 9.80 Å². The number of hydrogen-bond donors (Lipinski definition) is 2. The third-order valence-electron chi connectivity index (χ3n) is 9.68. The lowest BCUT2D eigenvalue weighted by atomic mass is 9.45. The number of carbonyl (C=O) groups is 1. The van der Waals surface area contributed by atoms with Gasteiger partial charge in [0.05, 0.1) is 17.1 Å². The maximum atomic E-state index is 13.5. The zero-order valence-corrected chi connectivity index (χ0v) is 22.9. The molecule has 7 nitrogen and oxygen atoms in total. The average molecular weight is 571 g/mol. The normalized spacial score (nSPS) is 31.9. The molecule has 1 spiro atoms. The zero-order chi connectivity index (χ0) is 29.3. The second-order valence-corrected chi connectivity index (χ2v) is 11.6. The van der Waals surface area contributed by atoms with E-state index in [9.17, 15) is 28.2 Å². The molecule has 2 heterocycles. The highest BCUT2D eigenvalue weighted by Gasteiger charge is 2.75. The van der Waals surface area contributed by atoms with E-state index in [1.807, 2.05) is 19.1 Å². The van der Waals surface area contributed by atoms with Crippen molar-refractivity contribution in [3.8, 4) is 17.2 Å². The number of carbonyl (C=O) groups excluding carboxylic acids is 1. The Bertz CT molecular complexity index is 1430. The summed E-state index contributed by atoms with van der Waals surface area (Å²) in [6, 6.07) is 8.34. The summed E-state index contributed by atoms with van der Waals surface area (Å²) in [5, 5.41) is 23.5. The van der Waals surface area contributed by atoms with Gasteiger partial charge in [-0.2, -0.15) is 0 Å². The van der Waals surface area contributed by atoms with Gasteiger partial charge in [0.2, 0.25) is 5.91 Å². The Labute approximate surface area is 236 Å². The third-order valence-corrected chi connectivity index (χ3v) is 9.68. The highest BCUT2D eigenvalue weighted by molar-refractivity contribution is 5.92. The van der Waals surface area contributed by atoms with Crippen molar-refractivity contribution in [2.45, 2.75) is 61.8 Å². The van der Waals surface area contributed by atoms with E-state index in [4.69, 9.17) is 4.74 Å². The van der Waals surface area contributed by atoms with Gasteiger partial charge in [-0.3, -0.25) is 9.69 Å². The Morgan fingerprint density at radius 1 is 1.32 bits per heavy atom. The van der Waals surface area contributed by atoms with E-state index in [0.717, 1.165) is 11.1 Å². The number of ether oxygens (including phenoxy) is 2. The number of aliphatic hydroxyl groups is 1. The van der Waals surface area contributed by atoms with Crippen LogP contribution in [0.4, 0.5) is 13.2 Å². The van der Waals surface area contributed by atoms with Gasteiger partial charge in [0, 0.05) is 31.3 Å². The molecule has 1 amide bonds. The first-order valence-corrected chi connectivity index (χ1v) is 13.8. The first kappa shape index (κ1) is 27.7. The second-order valence-electron chi connectivity index (χ2n) is 11.6. The molecule has 2 aliphatic carbocycles. The van der Waals surface area contributed by atoms with Gasteiger partial charge in [-0.25, -0.2) is 0 Å². The molecule has 2 aromatic carbocycles. The maximum Gasteiger partial charge on any atom is 0.573 e. The SMILES string of the molecule is C=CCN1CC[C@]23c4c5ccc(O)c4O[C@H]2[C@@H](N(C)C(=O)C=Cc2cccc(OC(F)(F)F)c2)C[C@H](C)[C@@]3(O)[C@H]1C5. The standard InChI is InChI=1S/C31H33F3N2O5/c1-4-13-36-14-12-29-26-20-9-10-23(37)27(26)40-28(29)22(15-18(2)30(29,39)24(36)17-20)35(3)25(38)11-8-19-6-5-7-21(16-19)41-31(32,33)34/h4-11,16,18,22,24,28,37,39H,1,12-15,17H2,2-3H3/t18-,22-,24+,28-,29-,30+/m0/s1. The molecule has 10 heteroatoms. The molecule has 1 saturated carbocycles. The number of rotatable bonds is 6. The Balaban J connectivity index is 1.34. The summed E-state index contributed by atoms with van der Waals surface area (Å²) >= 11 is 0. The van der Waals surface area contributed by atoms with Crippen LogP contribution in [0.15, 0.2) is 55.1 Å². The van der Waals surface area contributed by atoms with Gasteiger partial charge in [0.1, 0.15) is 11.9 Å². The molecule has 2 aliphatic heterocycles. The number of likely N-dealkylation sites (tertiary alicyclic amines) is 1. The van der Waals surface area contributed by atoms with Crippen LogP contribution in [0, 0.1) is 5.92 Å². The van der Waals surface area contributed by atoms with Crippen molar-refractivity contribution in [2.24, 2.45) is 5.92 Å². The molecule has 2 bridgehead atoms. The van der Waals surface area contributed by atoms with Crippen molar-refractivity contribution < 1.29 is 37.7 Å². The highest BCUT2D eigenvalue weighted by Crippen LogP contribution is 2.67. The van der Waals surface area contributed by atoms with Gasteiger partial charge < -0.3 is 24.6 Å². The van der Waals surface area contributed by atoms with Gasteiger partial charge in [-0.05, 0) is 67.1 Å². The summed E-state index contributed by atoms with van der Waals surface area (Å²) in [7, 11) is 1.68. The molecule has 2 aromatic rings. The van der Waals surface area contributed by atoms with Gasteiger partial charge in [-0.15, -0.1) is 19.8 Å². The molecule has 0 radical (unpaired) electrons. The predicted octanol–water partition coefficient (Wildman–Crippen LogP) is 4.42. The number of nitrogens with zero attached hydrogens (tertiary/aromatic N) is 2. The quantitative estimate of drug-likeness (QED) is 0.396. The Morgan fingerprint density at radius 3 is 2.83 bits per heavy atom. The molecule has 41 heavy (non-hydrogen) atoms.